The second-order valence-corrected chi connectivity index (χ2v) is 6.97. The zero-order valence-electron chi connectivity index (χ0n) is 13.6. The van der Waals surface area contributed by atoms with Crippen LogP contribution in [0.25, 0.3) is 6.08 Å². The number of para-hydroxylation sites is 1. The average molecular weight is 348 g/mol. The van der Waals surface area contributed by atoms with E-state index in [0.717, 1.165) is 5.41 Å². The number of aromatic hydroxyl groups is 1. The van der Waals surface area contributed by atoms with Gasteiger partial charge in [-0.25, -0.2) is 8.42 Å². The van der Waals surface area contributed by atoms with Gasteiger partial charge in [0.05, 0.1) is 19.5 Å². The fraction of sp³-hybridized carbons (Fsp3) is 0.222. The van der Waals surface area contributed by atoms with E-state index in [9.17, 15) is 13.5 Å². The molecule has 0 aromatic heterocycles. The Morgan fingerprint density at radius 1 is 1.12 bits per heavy atom. The van der Waals surface area contributed by atoms with Gasteiger partial charge in [0.25, 0.3) is 0 Å². The van der Waals surface area contributed by atoms with Gasteiger partial charge >= 0.3 is 0 Å². The number of ether oxygens (including phenoxy) is 2. The van der Waals surface area contributed by atoms with Gasteiger partial charge in [0.1, 0.15) is 5.75 Å². The van der Waals surface area contributed by atoms with E-state index in [2.05, 4.69) is 0 Å². The van der Waals surface area contributed by atoms with E-state index >= 15 is 0 Å². The lowest BCUT2D eigenvalue weighted by Crippen LogP contribution is -2.00. The quantitative estimate of drug-likeness (QED) is 0.830. The second kappa shape index (κ2) is 7.88. The summed E-state index contributed by atoms with van der Waals surface area (Å²) in [6, 6.07) is 11.8. The van der Waals surface area contributed by atoms with Gasteiger partial charge in [0, 0.05) is 11.0 Å². The minimum absolute atomic E-state index is 0.0738. The van der Waals surface area contributed by atoms with Crippen molar-refractivity contribution in [2.75, 3.05) is 13.7 Å². The summed E-state index contributed by atoms with van der Waals surface area (Å²) in [4.78, 5) is 0. The zero-order chi connectivity index (χ0) is 17.6. The first-order chi connectivity index (χ1) is 11.4. The number of sulfone groups is 1. The molecule has 0 aliphatic heterocycles. The van der Waals surface area contributed by atoms with Crippen molar-refractivity contribution in [3.05, 3.63) is 59.0 Å². The van der Waals surface area contributed by atoms with Crippen LogP contribution in [0.4, 0.5) is 0 Å². The van der Waals surface area contributed by atoms with Crippen LogP contribution in [-0.4, -0.2) is 27.2 Å². The van der Waals surface area contributed by atoms with Crippen molar-refractivity contribution in [1.82, 2.24) is 0 Å². The summed E-state index contributed by atoms with van der Waals surface area (Å²) in [7, 11) is -1.91. The number of hydrogen-bond acceptors (Lipinski definition) is 5. The van der Waals surface area contributed by atoms with Gasteiger partial charge in [-0.1, -0.05) is 24.3 Å². The highest BCUT2D eigenvalue weighted by atomic mass is 32.2. The van der Waals surface area contributed by atoms with Crippen molar-refractivity contribution in [3.8, 4) is 17.2 Å². The number of benzene rings is 2. The molecule has 0 heterocycles. The average Bonchev–Trinajstić information content (AvgIpc) is 2.56. The van der Waals surface area contributed by atoms with Crippen LogP contribution in [0.15, 0.2) is 47.9 Å². The molecule has 6 heteroatoms. The Kier molecular flexibility index (Phi) is 5.87. The highest BCUT2D eigenvalue weighted by Gasteiger charge is 2.10. The highest BCUT2D eigenvalue weighted by molar-refractivity contribution is 7.93. The van der Waals surface area contributed by atoms with Crippen molar-refractivity contribution in [2.45, 2.75) is 12.7 Å². The molecule has 0 saturated heterocycles. The second-order valence-electron chi connectivity index (χ2n) is 5.09. The molecule has 128 valence electrons. The van der Waals surface area contributed by atoms with Gasteiger partial charge in [-0.3, -0.25) is 0 Å². The summed E-state index contributed by atoms with van der Waals surface area (Å²) < 4.78 is 34.8. The normalized spacial score (nSPS) is 11.6. The third-order valence-electron chi connectivity index (χ3n) is 3.31. The fourth-order valence-electron chi connectivity index (χ4n) is 2.12. The van der Waals surface area contributed by atoms with Crippen LogP contribution in [0.2, 0.25) is 0 Å². The molecule has 2 rings (SSSR count). The Balaban J connectivity index is 2.16. The Bertz CT molecular complexity index is 808. The van der Waals surface area contributed by atoms with E-state index in [4.69, 9.17) is 9.47 Å². The van der Waals surface area contributed by atoms with Crippen molar-refractivity contribution in [3.63, 3.8) is 0 Å². The van der Waals surface area contributed by atoms with Gasteiger partial charge in [-0.15, -0.1) is 0 Å². The van der Waals surface area contributed by atoms with Crippen LogP contribution >= 0.6 is 0 Å². The molecule has 0 atom stereocenters. The number of phenols is 1. The molecule has 0 unspecified atom stereocenters. The predicted molar refractivity (Wildman–Crippen MR) is 93.9 cm³/mol. The largest absolute Gasteiger partial charge is 0.504 e. The molecule has 0 aliphatic carbocycles. The molecular formula is C18H20O5S. The Labute approximate surface area is 142 Å². The fourth-order valence-corrected chi connectivity index (χ4v) is 3.23. The molecule has 2 aromatic rings. The third-order valence-corrected chi connectivity index (χ3v) is 4.60. The lowest BCUT2D eigenvalue weighted by atomic mass is 10.2. The Morgan fingerprint density at radius 3 is 2.46 bits per heavy atom. The first-order valence-electron chi connectivity index (χ1n) is 7.43. The van der Waals surface area contributed by atoms with Gasteiger partial charge in [-0.2, -0.15) is 0 Å². The van der Waals surface area contributed by atoms with Crippen LogP contribution in [0.5, 0.6) is 17.2 Å². The molecule has 0 saturated carbocycles. The summed E-state index contributed by atoms with van der Waals surface area (Å²) in [5.74, 6) is 0.797. The van der Waals surface area contributed by atoms with E-state index < -0.39 is 9.84 Å². The van der Waals surface area contributed by atoms with Crippen molar-refractivity contribution < 1.29 is 23.0 Å². The first kappa shape index (κ1) is 17.9. The summed E-state index contributed by atoms with van der Waals surface area (Å²) in [5.41, 5.74) is 1.05. The van der Waals surface area contributed by atoms with E-state index in [-0.39, 0.29) is 11.5 Å². The summed E-state index contributed by atoms with van der Waals surface area (Å²) in [5, 5.41) is 11.2. The lowest BCUT2D eigenvalue weighted by Gasteiger charge is -2.07. The Morgan fingerprint density at radius 2 is 1.83 bits per heavy atom. The number of phenolic OH excluding ortho intramolecular Hbond substituents is 1. The minimum atomic E-state index is -3.47. The molecular weight excluding hydrogens is 328 g/mol. The van der Waals surface area contributed by atoms with Crippen LogP contribution in [-0.2, 0) is 15.6 Å². The van der Waals surface area contributed by atoms with Gasteiger partial charge in [-0.05, 0) is 36.8 Å². The van der Waals surface area contributed by atoms with E-state index in [0.29, 0.717) is 29.2 Å². The van der Waals surface area contributed by atoms with Gasteiger partial charge < -0.3 is 14.6 Å². The number of hydrogen-bond donors (Lipinski definition) is 1. The van der Waals surface area contributed by atoms with E-state index in [1.54, 1.807) is 56.5 Å². The van der Waals surface area contributed by atoms with E-state index in [1.165, 1.54) is 6.08 Å². The monoisotopic (exact) mass is 348 g/mol. The van der Waals surface area contributed by atoms with Crippen LogP contribution < -0.4 is 9.47 Å². The minimum Gasteiger partial charge on any atom is -0.504 e. The molecule has 2 aromatic carbocycles. The SMILES string of the molecule is CCOc1cccc(/C=C/S(=O)(=O)Cc2ccc(OC)cc2)c1O. The predicted octanol–water partition coefficient (Wildman–Crippen LogP) is 3.39. The molecule has 0 spiro atoms. The summed E-state index contributed by atoms with van der Waals surface area (Å²) in [6.45, 7) is 2.22. The molecule has 0 amide bonds. The highest BCUT2D eigenvalue weighted by Crippen LogP contribution is 2.30. The summed E-state index contributed by atoms with van der Waals surface area (Å²) >= 11 is 0. The molecule has 0 radical (unpaired) electrons. The van der Waals surface area contributed by atoms with Crippen molar-refractivity contribution >= 4 is 15.9 Å². The van der Waals surface area contributed by atoms with Gasteiger partial charge in [0.15, 0.2) is 21.3 Å². The topological polar surface area (TPSA) is 72.8 Å². The Hall–Kier alpha value is -2.47. The first-order valence-corrected chi connectivity index (χ1v) is 9.15. The third kappa shape index (κ3) is 4.76. The van der Waals surface area contributed by atoms with Crippen molar-refractivity contribution in [2.24, 2.45) is 0 Å². The van der Waals surface area contributed by atoms with Crippen molar-refractivity contribution in [1.29, 1.82) is 0 Å². The maximum Gasteiger partial charge on any atom is 0.175 e. The van der Waals surface area contributed by atoms with E-state index in [1.807, 2.05) is 0 Å². The number of rotatable bonds is 7. The molecule has 0 bridgehead atoms. The molecule has 24 heavy (non-hydrogen) atoms. The van der Waals surface area contributed by atoms with Crippen LogP contribution in [0.3, 0.4) is 0 Å². The maximum atomic E-state index is 12.2. The van der Waals surface area contributed by atoms with Gasteiger partial charge in [0.2, 0.25) is 0 Å². The molecule has 0 aliphatic rings. The standard InChI is InChI=1S/C18H20O5S/c1-3-23-17-6-4-5-15(18(17)19)11-12-24(20,21)13-14-7-9-16(22-2)10-8-14/h4-12,19H,3,13H2,1-2H3/b12-11+. The molecule has 0 fully saturated rings. The molecule has 1 N–H and O–H groups in total. The van der Waals surface area contributed by atoms with Crippen LogP contribution in [0.1, 0.15) is 18.1 Å². The maximum absolute atomic E-state index is 12.2. The zero-order valence-corrected chi connectivity index (χ0v) is 14.4. The van der Waals surface area contributed by atoms with Crippen LogP contribution in [0, 0.1) is 0 Å². The number of methoxy groups -OCH3 is 1. The molecule has 5 nitrogen and oxygen atoms in total. The summed E-state index contributed by atoms with van der Waals surface area (Å²) in [6.07, 6.45) is 1.37. The smallest absolute Gasteiger partial charge is 0.175 e. The lowest BCUT2D eigenvalue weighted by molar-refractivity contribution is 0.318.